The number of aliphatic hydroxyl groups is 1. The average molecular weight is 220 g/mol. The van der Waals surface area contributed by atoms with E-state index in [1.54, 1.807) is 0 Å². The van der Waals surface area contributed by atoms with Crippen LogP contribution in [0.5, 0.6) is 5.75 Å². The van der Waals surface area contributed by atoms with E-state index in [0.29, 0.717) is 12.5 Å². The molecular formula is C14H20O2. The molecule has 0 spiro atoms. The van der Waals surface area contributed by atoms with Crippen molar-refractivity contribution >= 4 is 0 Å². The topological polar surface area (TPSA) is 29.5 Å². The van der Waals surface area contributed by atoms with Crippen LogP contribution in [0.3, 0.4) is 0 Å². The molecule has 2 nitrogen and oxygen atoms in total. The first-order valence-electron chi connectivity index (χ1n) is 5.96. The van der Waals surface area contributed by atoms with Crippen molar-refractivity contribution in [3.8, 4) is 5.75 Å². The van der Waals surface area contributed by atoms with Gasteiger partial charge in [-0.25, -0.2) is 0 Å². The van der Waals surface area contributed by atoms with Gasteiger partial charge in [0, 0.05) is 5.56 Å². The van der Waals surface area contributed by atoms with Gasteiger partial charge in [0.1, 0.15) is 5.75 Å². The first-order chi connectivity index (χ1) is 7.56. The molecule has 16 heavy (non-hydrogen) atoms. The van der Waals surface area contributed by atoms with Crippen molar-refractivity contribution in [1.82, 2.24) is 0 Å². The third-order valence-electron chi connectivity index (χ3n) is 3.51. The third-order valence-corrected chi connectivity index (χ3v) is 3.51. The number of benzene rings is 1. The summed E-state index contributed by atoms with van der Waals surface area (Å²) < 4.78 is 5.54. The molecule has 2 heteroatoms. The molecule has 1 aliphatic carbocycles. The van der Waals surface area contributed by atoms with E-state index < -0.39 is 6.10 Å². The summed E-state index contributed by atoms with van der Waals surface area (Å²) in [6.07, 6.45) is 0.701. The molecule has 0 aromatic heterocycles. The predicted molar refractivity (Wildman–Crippen MR) is 64.5 cm³/mol. The second-order valence-corrected chi connectivity index (χ2v) is 5.21. The Bertz CT molecular complexity index is 371. The first kappa shape index (κ1) is 11.5. The summed E-state index contributed by atoms with van der Waals surface area (Å²) in [5.41, 5.74) is 1.21. The van der Waals surface area contributed by atoms with Gasteiger partial charge in [0.05, 0.1) is 12.7 Å². The molecule has 2 unspecified atom stereocenters. The first-order valence-corrected chi connectivity index (χ1v) is 5.96. The van der Waals surface area contributed by atoms with Gasteiger partial charge in [-0.2, -0.15) is 0 Å². The van der Waals surface area contributed by atoms with E-state index in [1.807, 2.05) is 31.2 Å². The van der Waals surface area contributed by atoms with Crippen molar-refractivity contribution < 1.29 is 9.84 Å². The quantitative estimate of drug-likeness (QED) is 0.844. The Kier molecular flexibility index (Phi) is 2.94. The van der Waals surface area contributed by atoms with Gasteiger partial charge in [0.25, 0.3) is 0 Å². The Labute approximate surface area is 97.3 Å². The van der Waals surface area contributed by atoms with Gasteiger partial charge in [-0.05, 0) is 30.7 Å². The van der Waals surface area contributed by atoms with Crippen molar-refractivity contribution in [1.29, 1.82) is 0 Å². The Hall–Kier alpha value is -1.02. The number of para-hydroxylation sites is 1. The summed E-state index contributed by atoms with van der Waals surface area (Å²) in [7, 11) is 0. The highest BCUT2D eigenvalue weighted by Gasteiger charge is 2.50. The normalized spacial score (nSPS) is 23.9. The molecule has 2 rings (SSSR count). The highest BCUT2D eigenvalue weighted by atomic mass is 16.5. The van der Waals surface area contributed by atoms with Crippen molar-refractivity contribution in [2.75, 3.05) is 6.61 Å². The second kappa shape index (κ2) is 4.10. The van der Waals surface area contributed by atoms with Crippen LogP contribution >= 0.6 is 0 Å². The number of rotatable bonds is 4. The molecule has 88 valence electrons. The minimum atomic E-state index is -0.391. The Morgan fingerprint density at radius 1 is 1.44 bits per heavy atom. The maximum Gasteiger partial charge on any atom is 0.125 e. The minimum absolute atomic E-state index is 0.277. The zero-order valence-corrected chi connectivity index (χ0v) is 10.2. The van der Waals surface area contributed by atoms with Crippen LogP contribution in [0.4, 0.5) is 0 Å². The molecule has 1 aromatic rings. The molecule has 0 radical (unpaired) electrons. The largest absolute Gasteiger partial charge is 0.493 e. The van der Waals surface area contributed by atoms with Gasteiger partial charge in [-0.3, -0.25) is 0 Å². The van der Waals surface area contributed by atoms with E-state index in [0.717, 1.165) is 17.7 Å². The van der Waals surface area contributed by atoms with Crippen molar-refractivity contribution in [3.05, 3.63) is 29.8 Å². The zero-order valence-electron chi connectivity index (χ0n) is 10.2. The molecule has 1 N–H and O–H groups in total. The lowest BCUT2D eigenvalue weighted by molar-refractivity contribution is 0.134. The van der Waals surface area contributed by atoms with E-state index in [9.17, 15) is 5.11 Å². The molecule has 2 atom stereocenters. The molecule has 0 saturated heterocycles. The summed E-state index contributed by atoms with van der Waals surface area (Å²) in [6, 6.07) is 7.79. The summed E-state index contributed by atoms with van der Waals surface area (Å²) >= 11 is 0. The minimum Gasteiger partial charge on any atom is -0.493 e. The molecule has 1 aliphatic rings. The van der Waals surface area contributed by atoms with E-state index >= 15 is 0 Å². The molecule has 0 heterocycles. The van der Waals surface area contributed by atoms with Gasteiger partial charge >= 0.3 is 0 Å². The lowest BCUT2D eigenvalue weighted by Gasteiger charge is -2.16. The monoisotopic (exact) mass is 220 g/mol. The van der Waals surface area contributed by atoms with Crippen molar-refractivity contribution in [2.24, 2.45) is 11.3 Å². The van der Waals surface area contributed by atoms with Crippen LogP contribution in [0.25, 0.3) is 0 Å². The summed E-state index contributed by atoms with van der Waals surface area (Å²) in [4.78, 5) is 0. The van der Waals surface area contributed by atoms with E-state index in [-0.39, 0.29) is 5.41 Å². The molecular weight excluding hydrogens is 200 g/mol. The highest BCUT2D eigenvalue weighted by molar-refractivity contribution is 5.36. The fourth-order valence-corrected chi connectivity index (χ4v) is 2.28. The van der Waals surface area contributed by atoms with Gasteiger partial charge in [0.2, 0.25) is 0 Å². The third kappa shape index (κ3) is 2.07. The second-order valence-electron chi connectivity index (χ2n) is 5.21. The molecule has 0 amide bonds. The van der Waals surface area contributed by atoms with Crippen LogP contribution in [0.2, 0.25) is 0 Å². The smallest absolute Gasteiger partial charge is 0.125 e. The predicted octanol–water partition coefficient (Wildman–Crippen LogP) is 3.16. The summed E-state index contributed by atoms with van der Waals surface area (Å²) in [5, 5.41) is 10.3. The number of hydrogen-bond acceptors (Lipinski definition) is 2. The fraction of sp³-hybridized carbons (Fsp3) is 0.571. The van der Waals surface area contributed by atoms with Gasteiger partial charge in [-0.15, -0.1) is 0 Å². The standard InChI is InChI=1S/C14H20O2/c1-4-16-12-8-6-5-7-10(12)13(15)11-9-14(11,2)3/h5-8,11,13,15H,4,9H2,1-3H3. The van der Waals surface area contributed by atoms with E-state index in [1.165, 1.54) is 0 Å². The molecule has 1 aromatic carbocycles. The number of hydrogen-bond donors (Lipinski definition) is 1. The van der Waals surface area contributed by atoms with Gasteiger partial charge < -0.3 is 9.84 Å². The molecule has 1 saturated carbocycles. The van der Waals surface area contributed by atoms with Crippen molar-refractivity contribution in [2.45, 2.75) is 33.3 Å². The lowest BCUT2D eigenvalue weighted by atomic mass is 9.99. The van der Waals surface area contributed by atoms with Crippen LogP contribution < -0.4 is 4.74 Å². The fourth-order valence-electron chi connectivity index (χ4n) is 2.28. The van der Waals surface area contributed by atoms with Crippen LogP contribution in [-0.2, 0) is 0 Å². The van der Waals surface area contributed by atoms with Crippen molar-refractivity contribution in [3.63, 3.8) is 0 Å². The zero-order chi connectivity index (χ0) is 11.8. The molecule has 0 bridgehead atoms. The van der Waals surface area contributed by atoms with Crippen LogP contribution in [-0.4, -0.2) is 11.7 Å². The van der Waals surface area contributed by atoms with Crippen LogP contribution in [0, 0.1) is 11.3 Å². The lowest BCUT2D eigenvalue weighted by Crippen LogP contribution is -2.07. The highest BCUT2D eigenvalue weighted by Crippen LogP contribution is 2.58. The number of ether oxygens (including phenoxy) is 1. The summed E-state index contributed by atoms with van der Waals surface area (Å²) in [6.45, 7) is 7.00. The Morgan fingerprint density at radius 3 is 2.62 bits per heavy atom. The maximum atomic E-state index is 10.3. The SMILES string of the molecule is CCOc1ccccc1C(O)C1CC1(C)C. The van der Waals surface area contributed by atoms with E-state index in [2.05, 4.69) is 13.8 Å². The maximum absolute atomic E-state index is 10.3. The Morgan fingerprint density at radius 2 is 2.06 bits per heavy atom. The van der Waals surface area contributed by atoms with Gasteiger partial charge in [-0.1, -0.05) is 32.0 Å². The van der Waals surface area contributed by atoms with E-state index in [4.69, 9.17) is 4.74 Å². The average Bonchev–Trinajstić information content (AvgIpc) is 2.88. The Balaban J connectivity index is 2.19. The molecule has 0 aliphatic heterocycles. The molecule has 1 fully saturated rings. The van der Waals surface area contributed by atoms with Crippen LogP contribution in [0.1, 0.15) is 38.9 Å². The summed E-state index contributed by atoms with van der Waals surface area (Å²) in [5.74, 6) is 1.19. The van der Waals surface area contributed by atoms with Crippen LogP contribution in [0.15, 0.2) is 24.3 Å². The number of aliphatic hydroxyl groups excluding tert-OH is 1. The van der Waals surface area contributed by atoms with Gasteiger partial charge in [0.15, 0.2) is 0 Å².